The van der Waals surface area contributed by atoms with Crippen LogP contribution in [0.1, 0.15) is 23.7 Å². The van der Waals surface area contributed by atoms with E-state index in [2.05, 4.69) is 5.32 Å². The molecule has 1 aromatic rings. The molecule has 1 aromatic carbocycles. The molecule has 9 heteroatoms. The van der Waals surface area contributed by atoms with Gasteiger partial charge in [-0.25, -0.2) is 8.42 Å². The Bertz CT molecular complexity index is 634. The zero-order chi connectivity index (χ0) is 16.2. The molecule has 1 N–H and O–H groups in total. The second-order valence-electron chi connectivity index (χ2n) is 4.36. The molecule has 0 saturated heterocycles. The average Bonchev–Trinajstić information content (AvgIpc) is 2.37. The fraction of sp³-hybridized carbons (Fsp3) is 0.417. The van der Waals surface area contributed by atoms with E-state index in [4.69, 9.17) is 38.6 Å². The van der Waals surface area contributed by atoms with Crippen molar-refractivity contribution in [3.63, 3.8) is 0 Å². The second kappa shape index (κ2) is 7.65. The topological polar surface area (TPSA) is 72.5 Å². The van der Waals surface area contributed by atoms with Crippen LogP contribution in [0.15, 0.2) is 17.0 Å². The fourth-order valence-corrected chi connectivity index (χ4v) is 2.80. The summed E-state index contributed by atoms with van der Waals surface area (Å²) in [5.41, 5.74) is -0.0485. The number of hydrogen-bond acceptors (Lipinski definition) is 4. The molecule has 21 heavy (non-hydrogen) atoms. The van der Waals surface area contributed by atoms with Crippen LogP contribution in [0.2, 0.25) is 10.0 Å². The van der Waals surface area contributed by atoms with Gasteiger partial charge < -0.3 is 10.1 Å². The number of benzene rings is 1. The van der Waals surface area contributed by atoms with Crippen LogP contribution >= 0.6 is 33.9 Å². The van der Waals surface area contributed by atoms with E-state index in [0.29, 0.717) is 13.0 Å². The summed E-state index contributed by atoms with van der Waals surface area (Å²) >= 11 is 11.8. The number of rotatable bonds is 6. The van der Waals surface area contributed by atoms with E-state index >= 15 is 0 Å². The van der Waals surface area contributed by atoms with Crippen molar-refractivity contribution in [3.05, 3.63) is 27.7 Å². The Hall–Kier alpha value is -0.530. The average molecular weight is 375 g/mol. The molecule has 0 bridgehead atoms. The lowest BCUT2D eigenvalue weighted by Crippen LogP contribution is -2.33. The molecule has 0 fully saturated rings. The standard InChI is InChI=1S/C12H14Cl3NO4S/c1-7(3-4-20-2)16-12(17)9-5-8(21(15,18)19)6-10(13)11(9)14/h5-7H,3-4H2,1-2H3,(H,16,17). The van der Waals surface area contributed by atoms with Gasteiger partial charge >= 0.3 is 0 Å². The number of carbonyl (C=O) groups is 1. The van der Waals surface area contributed by atoms with Gasteiger partial charge in [0.2, 0.25) is 0 Å². The highest BCUT2D eigenvalue weighted by molar-refractivity contribution is 8.13. The summed E-state index contributed by atoms with van der Waals surface area (Å²) in [5, 5.41) is 2.59. The van der Waals surface area contributed by atoms with Gasteiger partial charge in [-0.15, -0.1) is 0 Å². The van der Waals surface area contributed by atoms with E-state index in [1.54, 1.807) is 14.0 Å². The zero-order valence-corrected chi connectivity index (χ0v) is 14.4. The summed E-state index contributed by atoms with van der Waals surface area (Å²) in [6, 6.07) is 2.01. The summed E-state index contributed by atoms with van der Waals surface area (Å²) in [7, 11) is 2.80. The van der Waals surface area contributed by atoms with Gasteiger partial charge in [0.15, 0.2) is 0 Å². The molecule has 0 aliphatic rings. The van der Waals surface area contributed by atoms with Crippen LogP contribution in [0.3, 0.4) is 0 Å². The monoisotopic (exact) mass is 373 g/mol. The van der Waals surface area contributed by atoms with Gasteiger partial charge in [0, 0.05) is 30.4 Å². The molecule has 0 aliphatic heterocycles. The lowest BCUT2D eigenvalue weighted by Gasteiger charge is -2.15. The van der Waals surface area contributed by atoms with Gasteiger partial charge in [0.05, 0.1) is 20.5 Å². The Morgan fingerprint density at radius 2 is 2.00 bits per heavy atom. The molecule has 0 aromatic heterocycles. The number of ether oxygens (including phenoxy) is 1. The van der Waals surface area contributed by atoms with Crippen molar-refractivity contribution < 1.29 is 17.9 Å². The molecule has 5 nitrogen and oxygen atoms in total. The maximum absolute atomic E-state index is 12.1. The van der Waals surface area contributed by atoms with Crippen molar-refractivity contribution in [1.82, 2.24) is 5.32 Å². The minimum absolute atomic E-state index is 0.0304. The summed E-state index contributed by atoms with van der Waals surface area (Å²) < 4.78 is 27.6. The predicted octanol–water partition coefficient (Wildman–Crippen LogP) is 3.08. The van der Waals surface area contributed by atoms with Gasteiger partial charge in [-0.3, -0.25) is 4.79 Å². The highest BCUT2D eigenvalue weighted by Crippen LogP contribution is 2.30. The Morgan fingerprint density at radius 3 is 2.52 bits per heavy atom. The molecule has 0 heterocycles. The van der Waals surface area contributed by atoms with E-state index in [9.17, 15) is 13.2 Å². The van der Waals surface area contributed by atoms with E-state index in [0.717, 1.165) is 12.1 Å². The van der Waals surface area contributed by atoms with Crippen LogP contribution < -0.4 is 5.32 Å². The molecular weight excluding hydrogens is 361 g/mol. The van der Waals surface area contributed by atoms with Crippen LogP contribution in [-0.4, -0.2) is 34.1 Å². The van der Waals surface area contributed by atoms with Gasteiger partial charge in [0.25, 0.3) is 15.0 Å². The largest absolute Gasteiger partial charge is 0.385 e. The Morgan fingerprint density at radius 1 is 1.38 bits per heavy atom. The van der Waals surface area contributed by atoms with Crippen LogP contribution in [0, 0.1) is 0 Å². The van der Waals surface area contributed by atoms with Crippen molar-refractivity contribution in [1.29, 1.82) is 0 Å². The first-order valence-corrected chi connectivity index (χ1v) is 8.97. The van der Waals surface area contributed by atoms with Gasteiger partial charge in [-0.1, -0.05) is 23.2 Å². The number of carbonyl (C=O) groups excluding carboxylic acids is 1. The van der Waals surface area contributed by atoms with E-state index in [1.165, 1.54) is 0 Å². The maximum atomic E-state index is 12.1. The van der Waals surface area contributed by atoms with E-state index in [1.807, 2.05) is 0 Å². The first kappa shape index (κ1) is 18.5. The van der Waals surface area contributed by atoms with E-state index in [-0.39, 0.29) is 26.5 Å². The first-order chi connectivity index (χ1) is 9.66. The molecule has 1 amide bonds. The normalized spacial score (nSPS) is 13.0. The summed E-state index contributed by atoms with van der Waals surface area (Å²) in [6.07, 6.45) is 0.598. The fourth-order valence-electron chi connectivity index (χ4n) is 1.54. The molecular formula is C12H14Cl3NO4S. The van der Waals surface area contributed by atoms with Gasteiger partial charge in [-0.2, -0.15) is 0 Å². The number of nitrogens with one attached hydrogen (secondary N) is 1. The molecule has 1 atom stereocenters. The molecule has 1 unspecified atom stereocenters. The number of halogens is 3. The molecule has 0 radical (unpaired) electrons. The SMILES string of the molecule is COCCC(C)NC(=O)c1cc(S(=O)(=O)Cl)cc(Cl)c1Cl. The number of hydrogen-bond donors (Lipinski definition) is 1. The van der Waals surface area contributed by atoms with Gasteiger partial charge in [0.1, 0.15) is 0 Å². The lowest BCUT2D eigenvalue weighted by atomic mass is 10.1. The zero-order valence-electron chi connectivity index (χ0n) is 11.3. The lowest BCUT2D eigenvalue weighted by molar-refractivity contribution is 0.0929. The Balaban J connectivity index is 3.06. The Kier molecular flexibility index (Phi) is 6.74. The predicted molar refractivity (Wildman–Crippen MR) is 82.9 cm³/mol. The van der Waals surface area contributed by atoms with Crippen molar-refractivity contribution in [3.8, 4) is 0 Å². The third-order valence-electron chi connectivity index (χ3n) is 2.66. The maximum Gasteiger partial charge on any atom is 0.261 e. The minimum Gasteiger partial charge on any atom is -0.385 e. The van der Waals surface area contributed by atoms with Crippen LogP contribution in [-0.2, 0) is 13.8 Å². The van der Waals surface area contributed by atoms with Crippen LogP contribution in [0.25, 0.3) is 0 Å². The quantitative estimate of drug-likeness (QED) is 0.777. The van der Waals surface area contributed by atoms with Crippen molar-refractivity contribution >= 4 is 48.8 Å². The van der Waals surface area contributed by atoms with Crippen LogP contribution in [0.4, 0.5) is 0 Å². The van der Waals surface area contributed by atoms with Crippen molar-refractivity contribution in [2.75, 3.05) is 13.7 Å². The van der Waals surface area contributed by atoms with E-state index < -0.39 is 15.0 Å². The molecule has 0 saturated carbocycles. The number of methoxy groups -OCH3 is 1. The van der Waals surface area contributed by atoms with Crippen molar-refractivity contribution in [2.45, 2.75) is 24.3 Å². The highest BCUT2D eigenvalue weighted by Gasteiger charge is 2.20. The summed E-state index contributed by atoms with van der Waals surface area (Å²) in [6.45, 7) is 2.26. The molecule has 1 rings (SSSR count). The van der Waals surface area contributed by atoms with Crippen LogP contribution in [0.5, 0.6) is 0 Å². The molecule has 118 valence electrons. The summed E-state index contributed by atoms with van der Waals surface area (Å²) in [5.74, 6) is -0.535. The Labute approximate surface area is 137 Å². The molecule has 0 spiro atoms. The highest BCUT2D eigenvalue weighted by atomic mass is 35.7. The van der Waals surface area contributed by atoms with Gasteiger partial charge in [-0.05, 0) is 25.5 Å². The third-order valence-corrected chi connectivity index (χ3v) is 4.80. The second-order valence-corrected chi connectivity index (χ2v) is 7.71. The number of amides is 1. The van der Waals surface area contributed by atoms with Crippen molar-refractivity contribution in [2.24, 2.45) is 0 Å². The minimum atomic E-state index is -4.01. The third kappa shape index (κ3) is 5.30. The summed E-state index contributed by atoms with van der Waals surface area (Å²) in [4.78, 5) is 11.9. The smallest absolute Gasteiger partial charge is 0.261 e. The molecule has 0 aliphatic carbocycles. The first-order valence-electron chi connectivity index (χ1n) is 5.90.